The molecule has 3 N–H and O–H groups in total. The number of hydrogen-bond donors (Lipinski definition) is 2. The van der Waals surface area contributed by atoms with Crippen LogP contribution in [0.3, 0.4) is 0 Å². The highest BCUT2D eigenvalue weighted by Gasteiger charge is 2.04. The summed E-state index contributed by atoms with van der Waals surface area (Å²) in [5, 5.41) is 11.6. The van der Waals surface area contributed by atoms with Crippen molar-refractivity contribution in [2.45, 2.75) is 6.43 Å². The molecule has 0 saturated heterocycles. The summed E-state index contributed by atoms with van der Waals surface area (Å²) in [4.78, 5) is 3.92. The molecule has 0 aliphatic heterocycles. The van der Waals surface area contributed by atoms with Crippen LogP contribution in [0, 0.1) is 11.3 Å². The Kier molecular flexibility index (Phi) is 5.10. The Morgan fingerprint density at radius 3 is 3.00 bits per heavy atom. The lowest BCUT2D eigenvalue weighted by Crippen LogP contribution is -2.14. The third kappa shape index (κ3) is 4.61. The molecule has 5 nitrogen and oxygen atoms in total. The number of alkyl halides is 2. The van der Waals surface area contributed by atoms with Gasteiger partial charge in [-0.1, -0.05) is 0 Å². The second-order valence-electron chi connectivity index (χ2n) is 3.17. The minimum Gasteiger partial charge on any atom is -0.397 e. The van der Waals surface area contributed by atoms with Crippen LogP contribution in [0.15, 0.2) is 12.3 Å². The van der Waals surface area contributed by atoms with Gasteiger partial charge in [0.2, 0.25) is 0 Å². The molecule has 0 radical (unpaired) electrons. The van der Waals surface area contributed by atoms with Crippen molar-refractivity contribution in [3.8, 4) is 6.07 Å². The minimum atomic E-state index is -2.47. The molecule has 7 heteroatoms. The van der Waals surface area contributed by atoms with Crippen molar-refractivity contribution >= 4 is 11.5 Å². The van der Waals surface area contributed by atoms with Crippen molar-refractivity contribution in [2.75, 3.05) is 30.8 Å². The highest BCUT2D eigenvalue weighted by atomic mass is 19.3. The van der Waals surface area contributed by atoms with Crippen LogP contribution in [-0.4, -0.2) is 31.2 Å². The zero-order chi connectivity index (χ0) is 12.7. The summed E-state index contributed by atoms with van der Waals surface area (Å²) in [7, 11) is 0. The maximum atomic E-state index is 11.7. The van der Waals surface area contributed by atoms with Gasteiger partial charge in [0.25, 0.3) is 6.43 Å². The van der Waals surface area contributed by atoms with Gasteiger partial charge in [0.1, 0.15) is 18.5 Å². The largest absolute Gasteiger partial charge is 0.397 e. The Morgan fingerprint density at radius 1 is 1.59 bits per heavy atom. The maximum absolute atomic E-state index is 11.7. The molecule has 1 aromatic rings. The van der Waals surface area contributed by atoms with Gasteiger partial charge in [-0.2, -0.15) is 5.26 Å². The molecular formula is C10H12F2N4O. The molecule has 0 aliphatic carbocycles. The number of halogens is 2. The zero-order valence-electron chi connectivity index (χ0n) is 8.99. The standard InChI is InChI=1S/C10H12F2N4O/c11-9(12)6-17-2-1-15-10-7(4-13)3-8(14)5-16-10/h3,5,9H,1-2,6,14H2,(H,15,16). The SMILES string of the molecule is N#Cc1cc(N)cnc1NCCOCC(F)F. The summed E-state index contributed by atoms with van der Waals surface area (Å²) in [5.41, 5.74) is 6.16. The summed E-state index contributed by atoms with van der Waals surface area (Å²) < 4.78 is 28.1. The molecule has 0 spiro atoms. The number of anilines is 2. The topological polar surface area (TPSA) is 84.0 Å². The van der Waals surface area contributed by atoms with Crippen LogP contribution >= 0.6 is 0 Å². The third-order valence-corrected chi connectivity index (χ3v) is 1.81. The number of nitrogens with two attached hydrogens (primary N) is 1. The Hall–Kier alpha value is -1.94. The summed E-state index contributed by atoms with van der Waals surface area (Å²) in [6.07, 6.45) is -1.07. The quantitative estimate of drug-likeness (QED) is 0.733. The summed E-state index contributed by atoms with van der Waals surface area (Å²) in [6.45, 7) is -0.193. The second kappa shape index (κ2) is 6.60. The molecule has 92 valence electrons. The highest BCUT2D eigenvalue weighted by molar-refractivity contribution is 5.57. The van der Waals surface area contributed by atoms with Crippen molar-refractivity contribution in [3.63, 3.8) is 0 Å². The third-order valence-electron chi connectivity index (χ3n) is 1.81. The Bertz CT molecular complexity index is 406. The lowest BCUT2D eigenvalue weighted by molar-refractivity contribution is 0.0215. The van der Waals surface area contributed by atoms with Gasteiger partial charge in [-0.05, 0) is 6.07 Å². The second-order valence-corrected chi connectivity index (χ2v) is 3.17. The first-order valence-corrected chi connectivity index (χ1v) is 4.89. The number of nitriles is 1. The van der Waals surface area contributed by atoms with Crippen molar-refractivity contribution in [3.05, 3.63) is 17.8 Å². The van der Waals surface area contributed by atoms with Crippen molar-refractivity contribution < 1.29 is 13.5 Å². The summed E-state index contributed by atoms with van der Waals surface area (Å²) in [5.74, 6) is 0.363. The molecule has 1 rings (SSSR count). The lowest BCUT2D eigenvalue weighted by atomic mass is 10.2. The Morgan fingerprint density at radius 2 is 2.35 bits per heavy atom. The fourth-order valence-corrected chi connectivity index (χ4v) is 1.12. The number of nitrogens with zero attached hydrogens (tertiary/aromatic N) is 2. The average Bonchev–Trinajstić information content (AvgIpc) is 2.29. The summed E-state index contributed by atoms with van der Waals surface area (Å²) >= 11 is 0. The average molecular weight is 242 g/mol. The van der Waals surface area contributed by atoms with Gasteiger partial charge in [0.15, 0.2) is 0 Å². The van der Waals surface area contributed by atoms with E-state index >= 15 is 0 Å². The predicted octanol–water partition coefficient (Wildman–Crippen LogP) is 1.23. The predicted molar refractivity (Wildman–Crippen MR) is 58.7 cm³/mol. The van der Waals surface area contributed by atoms with E-state index in [-0.39, 0.29) is 13.2 Å². The molecule has 0 bridgehead atoms. The van der Waals surface area contributed by atoms with Crippen LogP contribution in [0.1, 0.15) is 5.56 Å². The van der Waals surface area contributed by atoms with Crippen molar-refractivity contribution in [1.82, 2.24) is 4.98 Å². The van der Waals surface area contributed by atoms with E-state index < -0.39 is 13.0 Å². The number of pyridine rings is 1. The van der Waals surface area contributed by atoms with E-state index in [0.29, 0.717) is 17.1 Å². The first-order chi connectivity index (χ1) is 8.13. The molecule has 0 saturated carbocycles. The number of nitrogen functional groups attached to an aromatic ring is 1. The lowest BCUT2D eigenvalue weighted by Gasteiger charge is -2.08. The summed E-state index contributed by atoms with van der Waals surface area (Å²) in [6, 6.07) is 3.41. The van der Waals surface area contributed by atoms with Crippen LogP contribution in [0.5, 0.6) is 0 Å². The molecule has 0 atom stereocenters. The number of rotatable bonds is 6. The molecule has 0 aliphatic rings. The van der Waals surface area contributed by atoms with Gasteiger partial charge >= 0.3 is 0 Å². The monoisotopic (exact) mass is 242 g/mol. The molecule has 1 heterocycles. The van der Waals surface area contributed by atoms with Gasteiger partial charge in [0.05, 0.1) is 24.1 Å². The van der Waals surface area contributed by atoms with E-state index in [2.05, 4.69) is 15.0 Å². The van der Waals surface area contributed by atoms with E-state index in [1.54, 1.807) is 0 Å². The van der Waals surface area contributed by atoms with Crippen LogP contribution in [0.25, 0.3) is 0 Å². The molecular weight excluding hydrogens is 230 g/mol. The minimum absolute atomic E-state index is 0.112. The Labute approximate surface area is 97.2 Å². The number of aromatic nitrogens is 1. The van der Waals surface area contributed by atoms with Crippen molar-refractivity contribution in [2.24, 2.45) is 0 Å². The normalized spacial score (nSPS) is 10.2. The smallest absolute Gasteiger partial charge is 0.261 e. The molecule has 0 unspecified atom stereocenters. The van der Waals surface area contributed by atoms with Crippen molar-refractivity contribution in [1.29, 1.82) is 5.26 Å². The van der Waals surface area contributed by atoms with E-state index in [0.717, 1.165) is 0 Å². The zero-order valence-corrected chi connectivity index (χ0v) is 8.99. The van der Waals surface area contributed by atoms with Gasteiger partial charge < -0.3 is 15.8 Å². The van der Waals surface area contributed by atoms with Gasteiger partial charge in [-0.3, -0.25) is 0 Å². The van der Waals surface area contributed by atoms with Gasteiger partial charge in [-0.25, -0.2) is 13.8 Å². The van der Waals surface area contributed by atoms with Crippen LogP contribution < -0.4 is 11.1 Å². The fraction of sp³-hybridized carbons (Fsp3) is 0.400. The van der Waals surface area contributed by atoms with E-state index in [9.17, 15) is 8.78 Å². The Balaban J connectivity index is 2.39. The van der Waals surface area contributed by atoms with Crippen LogP contribution in [-0.2, 0) is 4.74 Å². The molecule has 1 aromatic heterocycles. The van der Waals surface area contributed by atoms with Crippen LogP contribution in [0.2, 0.25) is 0 Å². The van der Waals surface area contributed by atoms with E-state index in [1.165, 1.54) is 12.3 Å². The highest BCUT2D eigenvalue weighted by Crippen LogP contribution is 2.13. The first kappa shape index (κ1) is 13.1. The maximum Gasteiger partial charge on any atom is 0.261 e. The van der Waals surface area contributed by atoms with E-state index in [4.69, 9.17) is 11.0 Å². The number of ether oxygens (including phenoxy) is 1. The first-order valence-electron chi connectivity index (χ1n) is 4.89. The molecule has 0 amide bonds. The van der Waals surface area contributed by atoms with Gasteiger partial charge in [-0.15, -0.1) is 0 Å². The van der Waals surface area contributed by atoms with Crippen LogP contribution in [0.4, 0.5) is 20.3 Å². The number of nitrogens with one attached hydrogen (secondary N) is 1. The molecule has 0 aromatic carbocycles. The molecule has 0 fully saturated rings. The van der Waals surface area contributed by atoms with E-state index in [1.807, 2.05) is 6.07 Å². The van der Waals surface area contributed by atoms with Gasteiger partial charge in [0, 0.05) is 6.54 Å². The fourth-order valence-electron chi connectivity index (χ4n) is 1.12. The number of hydrogen-bond acceptors (Lipinski definition) is 5. The molecule has 17 heavy (non-hydrogen) atoms.